The van der Waals surface area contributed by atoms with Gasteiger partial charge < -0.3 is 45.4 Å². The summed E-state index contributed by atoms with van der Waals surface area (Å²) >= 11 is 0. The molecule has 15 heteroatoms. The van der Waals surface area contributed by atoms with Crippen LogP contribution in [0.4, 0.5) is 10.5 Å². The quantitative estimate of drug-likeness (QED) is 0.142. The average Bonchev–Trinajstić information content (AvgIpc) is 2.96. The van der Waals surface area contributed by atoms with Gasteiger partial charge >= 0.3 is 12.1 Å². The van der Waals surface area contributed by atoms with Crippen molar-refractivity contribution in [1.82, 2.24) is 9.80 Å². The van der Waals surface area contributed by atoms with E-state index in [4.69, 9.17) is 15.2 Å². The molecule has 4 rings (SSSR count). The lowest BCUT2D eigenvalue weighted by Gasteiger charge is -2.50. The molecule has 3 aliphatic carbocycles. The minimum atomic E-state index is -2.76. The van der Waals surface area contributed by atoms with Crippen LogP contribution in [0.5, 0.6) is 5.75 Å². The molecule has 0 unspecified atom stereocenters. The van der Waals surface area contributed by atoms with Crippen molar-refractivity contribution in [2.45, 2.75) is 58.7 Å². The number of anilines is 1. The van der Waals surface area contributed by atoms with E-state index in [0.717, 1.165) is 0 Å². The molecule has 1 aromatic rings. The third kappa shape index (κ3) is 6.69. The molecule has 0 aromatic heterocycles. The topological polar surface area (TPSA) is 220 Å². The van der Waals surface area contributed by atoms with E-state index in [0.29, 0.717) is 11.3 Å². The summed E-state index contributed by atoms with van der Waals surface area (Å²) in [6, 6.07) is 0.486. The lowest BCUT2D eigenvalue weighted by molar-refractivity contribution is -0.153. The highest BCUT2D eigenvalue weighted by atomic mass is 16.6. The molecule has 2 amide bonds. The first-order valence-electron chi connectivity index (χ1n) is 15.9. The van der Waals surface area contributed by atoms with Crippen molar-refractivity contribution in [2.24, 2.45) is 23.0 Å². The lowest BCUT2D eigenvalue weighted by Crippen LogP contribution is -2.65. The monoisotopic (exact) mass is 686 g/mol. The van der Waals surface area contributed by atoms with Crippen molar-refractivity contribution in [2.75, 3.05) is 52.8 Å². The number of fused-ring (bicyclic) bond motifs is 3. The van der Waals surface area contributed by atoms with Crippen LogP contribution in [0, 0.1) is 17.3 Å². The van der Waals surface area contributed by atoms with Gasteiger partial charge in [0.05, 0.1) is 18.2 Å². The number of phenolic OH excluding ortho intramolecular Hbond substituents is 1. The molecule has 0 bridgehead atoms. The third-order valence-electron chi connectivity index (χ3n) is 9.16. The van der Waals surface area contributed by atoms with Gasteiger partial charge in [-0.05, 0) is 49.9 Å². The van der Waals surface area contributed by atoms with Gasteiger partial charge in [0.25, 0.3) is 5.91 Å². The summed E-state index contributed by atoms with van der Waals surface area (Å²) in [5, 5.41) is 46.5. The standard InChI is InChI=1S/C34H46N4O11/c1-16(39)48-9-10-49-32(46)38(15-33(2,3)4)14-18-13-21(36(5)6)19-11-17-12-20-25(37(7)8)28(42)24(31(35)45)30(44)34(20,47)29(43)22(17)27(41)23(19)26(18)40/h13,17,20,25,40-41,44,47H,9-12,14-15H2,1-8H3,(H2,35,45)/t17-,20-,25-,34-/m0/s1. The van der Waals surface area contributed by atoms with Crippen LogP contribution < -0.4 is 10.6 Å². The number of nitrogens with two attached hydrogens (primary N) is 1. The molecule has 0 aliphatic heterocycles. The fourth-order valence-corrected chi connectivity index (χ4v) is 7.23. The zero-order valence-corrected chi connectivity index (χ0v) is 29.1. The van der Waals surface area contributed by atoms with Crippen molar-refractivity contribution < 1.29 is 53.9 Å². The second kappa shape index (κ2) is 13.3. The fraction of sp³-hybridized carbons (Fsp3) is 0.559. The van der Waals surface area contributed by atoms with Crippen LogP contribution in [0.3, 0.4) is 0 Å². The van der Waals surface area contributed by atoms with Crippen molar-refractivity contribution in [3.05, 3.63) is 39.7 Å². The first kappa shape index (κ1) is 37.2. The molecule has 1 fully saturated rings. The van der Waals surface area contributed by atoms with Gasteiger partial charge in [-0.2, -0.15) is 0 Å². The predicted octanol–water partition coefficient (Wildman–Crippen LogP) is 1.58. The van der Waals surface area contributed by atoms with Crippen molar-refractivity contribution in [3.63, 3.8) is 0 Å². The Balaban J connectivity index is 1.85. The van der Waals surface area contributed by atoms with Crippen LogP contribution >= 0.6 is 0 Å². The molecule has 0 radical (unpaired) electrons. The number of primary amides is 1. The molecular formula is C34H46N4O11. The summed E-state index contributed by atoms with van der Waals surface area (Å²) in [5.74, 6) is -7.93. The summed E-state index contributed by atoms with van der Waals surface area (Å²) in [6.45, 7) is 6.62. The maximum atomic E-state index is 14.3. The second-order valence-corrected chi connectivity index (χ2v) is 14.5. The second-order valence-electron chi connectivity index (χ2n) is 14.5. The number of benzene rings is 1. The number of aromatic hydroxyl groups is 1. The van der Waals surface area contributed by atoms with E-state index in [9.17, 15) is 44.4 Å². The summed E-state index contributed by atoms with van der Waals surface area (Å²) < 4.78 is 10.2. The Kier molecular flexibility index (Phi) is 10.1. The van der Waals surface area contributed by atoms with Crippen LogP contribution in [-0.4, -0.2) is 119 Å². The van der Waals surface area contributed by atoms with Gasteiger partial charge in [0.15, 0.2) is 11.4 Å². The number of esters is 1. The summed E-state index contributed by atoms with van der Waals surface area (Å²) in [7, 11) is 6.58. The van der Waals surface area contributed by atoms with E-state index in [1.807, 2.05) is 20.8 Å². The Hall–Kier alpha value is -4.63. The SMILES string of the molecule is CC(=O)OCCOC(=O)N(Cc1cc(N(C)C)c2c(c1O)C(O)=C1C(=O)[C@]3(O)C(O)=C(C(N)=O)C(=O)[C@@H](N(C)C)[C@@H]3C[C@@H]1C2)CC(C)(C)C. The Morgan fingerprint density at radius 1 is 1.04 bits per heavy atom. The van der Waals surface area contributed by atoms with E-state index in [1.54, 1.807) is 25.1 Å². The van der Waals surface area contributed by atoms with E-state index in [1.165, 1.54) is 30.8 Å². The molecule has 1 aromatic carbocycles. The van der Waals surface area contributed by atoms with Gasteiger partial charge in [-0.25, -0.2) is 4.79 Å². The van der Waals surface area contributed by atoms with Crippen LogP contribution in [0.25, 0.3) is 5.76 Å². The summed E-state index contributed by atoms with van der Waals surface area (Å²) in [4.78, 5) is 68.8. The number of aliphatic hydroxyl groups excluding tert-OH is 2. The lowest BCUT2D eigenvalue weighted by atomic mass is 9.57. The molecule has 1 saturated carbocycles. The molecule has 3 aliphatic rings. The zero-order valence-electron chi connectivity index (χ0n) is 29.1. The summed E-state index contributed by atoms with van der Waals surface area (Å²) in [6.07, 6.45) is -0.668. The minimum absolute atomic E-state index is 0.0420. The molecule has 49 heavy (non-hydrogen) atoms. The molecule has 15 nitrogen and oxygen atoms in total. The highest BCUT2D eigenvalue weighted by Gasteiger charge is 2.64. The van der Waals surface area contributed by atoms with Gasteiger partial charge in [-0.1, -0.05) is 20.8 Å². The van der Waals surface area contributed by atoms with E-state index >= 15 is 0 Å². The smallest absolute Gasteiger partial charge is 0.410 e. The van der Waals surface area contributed by atoms with Gasteiger partial charge in [-0.3, -0.25) is 24.1 Å². The Morgan fingerprint density at radius 2 is 1.65 bits per heavy atom. The molecule has 0 saturated heterocycles. The van der Waals surface area contributed by atoms with E-state index in [-0.39, 0.29) is 55.8 Å². The van der Waals surface area contributed by atoms with Crippen LogP contribution in [0.2, 0.25) is 0 Å². The average molecular weight is 687 g/mol. The number of Topliss-reactive ketones (excluding diaryl/α,β-unsaturated/α-hetero) is 2. The number of hydrogen-bond acceptors (Lipinski definition) is 13. The maximum Gasteiger partial charge on any atom is 0.410 e. The van der Waals surface area contributed by atoms with Crippen molar-refractivity contribution in [3.8, 4) is 5.75 Å². The van der Waals surface area contributed by atoms with Gasteiger partial charge in [0.2, 0.25) is 5.78 Å². The first-order valence-corrected chi connectivity index (χ1v) is 15.9. The Labute approximate surface area is 284 Å². The van der Waals surface area contributed by atoms with Crippen LogP contribution in [0.15, 0.2) is 23.0 Å². The molecule has 0 spiro atoms. The first-order chi connectivity index (χ1) is 22.6. The number of hydrogen-bond donors (Lipinski definition) is 5. The maximum absolute atomic E-state index is 14.3. The number of ether oxygens (including phenoxy) is 2. The zero-order chi connectivity index (χ0) is 36.9. The number of carbonyl (C=O) groups is 5. The van der Waals surface area contributed by atoms with Gasteiger partial charge in [-0.15, -0.1) is 0 Å². The van der Waals surface area contributed by atoms with E-state index < -0.39 is 81.3 Å². The Bertz CT molecular complexity index is 1660. The van der Waals surface area contributed by atoms with Crippen molar-refractivity contribution in [1.29, 1.82) is 0 Å². The number of ketones is 2. The number of likely N-dealkylation sites (N-methyl/N-ethyl adjacent to an activating group) is 1. The largest absolute Gasteiger partial charge is 0.508 e. The molecular weight excluding hydrogens is 640 g/mol. The molecule has 0 heterocycles. The normalized spacial score (nSPS) is 23.5. The Morgan fingerprint density at radius 3 is 2.18 bits per heavy atom. The number of carbonyl (C=O) groups excluding carboxylic acids is 5. The molecule has 6 N–H and O–H groups in total. The highest BCUT2D eigenvalue weighted by molar-refractivity contribution is 6.24. The molecule has 268 valence electrons. The number of phenols is 1. The van der Waals surface area contributed by atoms with Crippen LogP contribution in [-0.2, 0) is 41.6 Å². The van der Waals surface area contributed by atoms with Crippen molar-refractivity contribution >= 4 is 41.0 Å². The highest BCUT2D eigenvalue weighted by Crippen LogP contribution is 2.54. The number of aliphatic hydroxyl groups is 3. The molecule has 4 atom stereocenters. The van der Waals surface area contributed by atoms with Gasteiger partial charge in [0, 0.05) is 50.3 Å². The minimum Gasteiger partial charge on any atom is -0.508 e. The van der Waals surface area contributed by atoms with E-state index in [2.05, 4.69) is 0 Å². The summed E-state index contributed by atoms with van der Waals surface area (Å²) in [5.41, 5.74) is 2.26. The van der Waals surface area contributed by atoms with Gasteiger partial charge in [0.1, 0.15) is 36.1 Å². The van der Waals surface area contributed by atoms with Crippen LogP contribution in [0.1, 0.15) is 50.8 Å². The fourth-order valence-electron chi connectivity index (χ4n) is 7.23. The number of nitrogens with zero attached hydrogens (tertiary/aromatic N) is 3. The number of amides is 2. The third-order valence-corrected chi connectivity index (χ3v) is 9.16. The number of rotatable bonds is 9. The predicted molar refractivity (Wildman–Crippen MR) is 176 cm³/mol.